The molecule has 1 aromatic heterocycles. The molecule has 1 aromatic rings. The topological polar surface area (TPSA) is 49.3 Å². The summed E-state index contributed by atoms with van der Waals surface area (Å²) in [4.78, 5) is 11.9. The van der Waals surface area contributed by atoms with E-state index in [1.807, 2.05) is 17.5 Å². The number of hydrogen-bond acceptors (Lipinski definition) is 2. The van der Waals surface area contributed by atoms with Crippen molar-refractivity contribution in [3.63, 3.8) is 0 Å². The molecule has 1 heterocycles. The molecule has 0 bridgehead atoms. The molecule has 1 aliphatic rings. The fourth-order valence-electron chi connectivity index (χ4n) is 2.31. The van der Waals surface area contributed by atoms with Gasteiger partial charge in [-0.15, -0.1) is 11.3 Å². The summed E-state index contributed by atoms with van der Waals surface area (Å²) >= 11 is 1.63. The van der Waals surface area contributed by atoms with E-state index in [1.165, 1.54) is 12.8 Å². The molecule has 0 radical (unpaired) electrons. The Hall–Kier alpha value is -1.03. The third kappa shape index (κ3) is 2.50. The molecule has 1 unspecified atom stereocenters. The Bertz CT molecular complexity index is 317. The highest BCUT2D eigenvalue weighted by Gasteiger charge is 2.28. The van der Waals surface area contributed by atoms with Crippen molar-refractivity contribution in [1.82, 2.24) is 5.32 Å². The lowest BCUT2D eigenvalue weighted by Gasteiger charge is -2.21. The molecule has 1 amide bonds. The molecule has 0 aliphatic heterocycles. The summed E-state index contributed by atoms with van der Waals surface area (Å²) in [6.07, 6.45) is 3.83. The van der Waals surface area contributed by atoms with Gasteiger partial charge in [-0.3, -0.25) is 0 Å². The second kappa shape index (κ2) is 4.66. The second-order valence-electron chi connectivity index (χ2n) is 3.99. The summed E-state index contributed by atoms with van der Waals surface area (Å²) in [6.45, 7) is 0. The highest BCUT2D eigenvalue weighted by atomic mass is 32.1. The van der Waals surface area contributed by atoms with Gasteiger partial charge in [0, 0.05) is 4.88 Å². The minimum absolute atomic E-state index is 0.00463. The number of thiophene rings is 1. The van der Waals surface area contributed by atoms with Gasteiger partial charge in [0.25, 0.3) is 0 Å². The van der Waals surface area contributed by atoms with Gasteiger partial charge in [-0.05, 0) is 30.2 Å². The molecule has 3 nitrogen and oxygen atoms in total. The van der Waals surface area contributed by atoms with Crippen molar-refractivity contribution < 1.29 is 9.90 Å². The third-order valence-electron chi connectivity index (χ3n) is 3.00. The standard InChI is InChI=1S/C11H15NO2S/c13-11(14)12-10(8-4-1-2-5-8)9-6-3-7-15-9/h3,6-8,10,12H,1-2,4-5H2,(H,13,14). The summed E-state index contributed by atoms with van der Waals surface area (Å²) < 4.78 is 0. The Morgan fingerprint density at radius 3 is 2.80 bits per heavy atom. The van der Waals surface area contributed by atoms with Crippen LogP contribution in [0.25, 0.3) is 0 Å². The van der Waals surface area contributed by atoms with E-state index in [0.717, 1.165) is 17.7 Å². The van der Waals surface area contributed by atoms with Crippen LogP contribution in [-0.2, 0) is 0 Å². The number of rotatable bonds is 3. The predicted octanol–water partition coefficient (Wildman–Crippen LogP) is 3.25. The number of nitrogens with one attached hydrogen (secondary N) is 1. The molecule has 1 saturated carbocycles. The van der Waals surface area contributed by atoms with E-state index >= 15 is 0 Å². The number of amides is 1. The van der Waals surface area contributed by atoms with Crippen LogP contribution in [0.4, 0.5) is 4.79 Å². The predicted molar refractivity (Wildman–Crippen MR) is 60.2 cm³/mol. The summed E-state index contributed by atoms with van der Waals surface area (Å²) in [6, 6.07) is 4.00. The van der Waals surface area contributed by atoms with E-state index < -0.39 is 6.09 Å². The van der Waals surface area contributed by atoms with Crippen molar-refractivity contribution in [2.24, 2.45) is 5.92 Å². The zero-order valence-electron chi connectivity index (χ0n) is 8.48. The van der Waals surface area contributed by atoms with E-state index in [0.29, 0.717) is 5.92 Å². The van der Waals surface area contributed by atoms with Gasteiger partial charge in [0.05, 0.1) is 6.04 Å². The first-order valence-electron chi connectivity index (χ1n) is 5.30. The van der Waals surface area contributed by atoms with Gasteiger partial charge >= 0.3 is 6.09 Å². The maximum Gasteiger partial charge on any atom is 0.405 e. The number of carboxylic acid groups (broad SMARTS) is 1. The number of hydrogen-bond donors (Lipinski definition) is 2. The van der Waals surface area contributed by atoms with E-state index in [9.17, 15) is 4.79 Å². The summed E-state index contributed by atoms with van der Waals surface area (Å²) in [7, 11) is 0. The lowest BCUT2D eigenvalue weighted by atomic mass is 9.97. The third-order valence-corrected chi connectivity index (χ3v) is 3.96. The quantitative estimate of drug-likeness (QED) is 0.829. The van der Waals surface area contributed by atoms with Crippen LogP contribution in [0, 0.1) is 5.92 Å². The molecule has 15 heavy (non-hydrogen) atoms. The highest BCUT2D eigenvalue weighted by molar-refractivity contribution is 7.10. The molecule has 2 rings (SSSR count). The molecule has 0 saturated heterocycles. The molecular weight excluding hydrogens is 210 g/mol. The first-order valence-corrected chi connectivity index (χ1v) is 6.18. The van der Waals surface area contributed by atoms with Crippen LogP contribution in [0.1, 0.15) is 36.6 Å². The Balaban J connectivity index is 2.12. The largest absolute Gasteiger partial charge is 0.465 e. The highest BCUT2D eigenvalue weighted by Crippen LogP contribution is 2.37. The van der Waals surface area contributed by atoms with Gasteiger partial charge in [-0.25, -0.2) is 4.79 Å². The first kappa shape index (κ1) is 10.5. The molecule has 82 valence electrons. The van der Waals surface area contributed by atoms with Gasteiger partial charge in [-0.1, -0.05) is 18.9 Å². The van der Waals surface area contributed by atoms with Gasteiger partial charge in [0.2, 0.25) is 0 Å². The minimum atomic E-state index is -0.916. The second-order valence-corrected chi connectivity index (χ2v) is 4.97. The molecule has 1 aliphatic carbocycles. The Labute approximate surface area is 93.1 Å². The fraction of sp³-hybridized carbons (Fsp3) is 0.545. The van der Waals surface area contributed by atoms with Crippen LogP contribution in [0.3, 0.4) is 0 Å². The number of carbonyl (C=O) groups is 1. The molecule has 0 spiro atoms. The van der Waals surface area contributed by atoms with Crippen molar-refractivity contribution in [1.29, 1.82) is 0 Å². The molecule has 2 N–H and O–H groups in total. The summed E-state index contributed by atoms with van der Waals surface area (Å²) in [5.74, 6) is 0.486. The van der Waals surface area contributed by atoms with E-state index in [4.69, 9.17) is 5.11 Å². The van der Waals surface area contributed by atoms with Gasteiger partial charge in [-0.2, -0.15) is 0 Å². The molecular formula is C11H15NO2S. The van der Waals surface area contributed by atoms with E-state index in [1.54, 1.807) is 11.3 Å². The van der Waals surface area contributed by atoms with E-state index in [-0.39, 0.29) is 6.04 Å². The summed E-state index contributed by atoms with van der Waals surface area (Å²) in [5.41, 5.74) is 0. The van der Waals surface area contributed by atoms with Crippen LogP contribution in [0.5, 0.6) is 0 Å². The monoisotopic (exact) mass is 225 g/mol. The van der Waals surface area contributed by atoms with Gasteiger partial charge < -0.3 is 10.4 Å². The van der Waals surface area contributed by atoms with Crippen LogP contribution >= 0.6 is 11.3 Å². The Kier molecular flexibility index (Phi) is 3.26. The van der Waals surface area contributed by atoms with Crippen molar-refractivity contribution in [2.75, 3.05) is 0 Å². The van der Waals surface area contributed by atoms with Crippen molar-refractivity contribution >= 4 is 17.4 Å². The average molecular weight is 225 g/mol. The van der Waals surface area contributed by atoms with E-state index in [2.05, 4.69) is 5.32 Å². The average Bonchev–Trinajstić information content (AvgIpc) is 2.87. The fourth-order valence-corrected chi connectivity index (χ4v) is 3.18. The maximum atomic E-state index is 10.8. The van der Waals surface area contributed by atoms with Gasteiger partial charge in [0.1, 0.15) is 0 Å². The lowest BCUT2D eigenvalue weighted by molar-refractivity contribution is 0.184. The minimum Gasteiger partial charge on any atom is -0.465 e. The van der Waals surface area contributed by atoms with Crippen LogP contribution in [0.2, 0.25) is 0 Å². The van der Waals surface area contributed by atoms with Crippen LogP contribution in [0.15, 0.2) is 17.5 Å². The molecule has 4 heteroatoms. The molecule has 0 aromatic carbocycles. The maximum absolute atomic E-state index is 10.8. The van der Waals surface area contributed by atoms with Gasteiger partial charge in [0.15, 0.2) is 0 Å². The first-order chi connectivity index (χ1) is 7.27. The van der Waals surface area contributed by atoms with Crippen molar-refractivity contribution in [3.8, 4) is 0 Å². The smallest absolute Gasteiger partial charge is 0.405 e. The lowest BCUT2D eigenvalue weighted by Crippen LogP contribution is -2.30. The molecule has 1 fully saturated rings. The normalized spacial score (nSPS) is 18.9. The van der Waals surface area contributed by atoms with Crippen LogP contribution in [-0.4, -0.2) is 11.2 Å². The SMILES string of the molecule is O=C(O)NC(c1cccs1)C1CCCC1. The molecule has 1 atom stereocenters. The van der Waals surface area contributed by atoms with Crippen molar-refractivity contribution in [3.05, 3.63) is 22.4 Å². The Morgan fingerprint density at radius 2 is 2.27 bits per heavy atom. The summed E-state index contributed by atoms with van der Waals surface area (Å²) in [5, 5.41) is 13.5. The van der Waals surface area contributed by atoms with Crippen LogP contribution < -0.4 is 5.32 Å². The van der Waals surface area contributed by atoms with Crippen molar-refractivity contribution in [2.45, 2.75) is 31.7 Å². The zero-order chi connectivity index (χ0) is 10.7. The Morgan fingerprint density at radius 1 is 1.53 bits per heavy atom. The zero-order valence-corrected chi connectivity index (χ0v) is 9.30.